The topological polar surface area (TPSA) is 20.2 Å². The summed E-state index contributed by atoms with van der Waals surface area (Å²) in [7, 11) is 0. The van der Waals surface area contributed by atoms with E-state index in [1.807, 2.05) is 23.5 Å². The fourth-order valence-electron chi connectivity index (χ4n) is 8.14. The Kier molecular flexibility index (Phi) is 5.29. The van der Waals surface area contributed by atoms with E-state index in [0.717, 1.165) is 17.8 Å². The zero-order valence-corrected chi connectivity index (χ0v) is 19.4. The van der Waals surface area contributed by atoms with E-state index >= 15 is 0 Å². The minimum absolute atomic E-state index is 0.102. The lowest BCUT2D eigenvalue weighted by molar-refractivity contribution is -0.0692. The van der Waals surface area contributed by atoms with E-state index in [1.54, 1.807) is 5.57 Å². The van der Waals surface area contributed by atoms with Crippen LogP contribution in [0.2, 0.25) is 0 Å². The van der Waals surface area contributed by atoms with Crippen LogP contribution in [-0.2, 0) is 0 Å². The fourth-order valence-corrected chi connectivity index (χ4v) is 11.1. The second-order valence-electron chi connectivity index (χ2n) is 10.8. The first-order chi connectivity index (χ1) is 13.4. The van der Waals surface area contributed by atoms with Crippen molar-refractivity contribution < 1.29 is 5.11 Å². The van der Waals surface area contributed by atoms with Gasteiger partial charge in [0.25, 0.3) is 0 Å². The second kappa shape index (κ2) is 7.38. The van der Waals surface area contributed by atoms with Crippen LogP contribution >= 0.6 is 23.5 Å². The van der Waals surface area contributed by atoms with Crippen molar-refractivity contribution in [2.45, 2.75) is 82.3 Å². The molecule has 0 bridgehead atoms. The molecule has 5 rings (SSSR count). The minimum Gasteiger partial charge on any atom is -0.391 e. The number of fused-ring (bicyclic) bond motifs is 5. The van der Waals surface area contributed by atoms with E-state index in [9.17, 15) is 5.11 Å². The first-order valence-electron chi connectivity index (χ1n) is 11.7. The molecule has 0 aromatic rings. The zero-order valence-electron chi connectivity index (χ0n) is 17.8. The monoisotopic (exact) mass is 418 g/mol. The molecule has 3 heteroatoms. The molecule has 3 saturated carbocycles. The first-order valence-corrected chi connectivity index (χ1v) is 13.8. The Balaban J connectivity index is 1.38. The summed E-state index contributed by atoms with van der Waals surface area (Å²) in [6.45, 7) is 9.43. The number of rotatable bonds is 2. The third-order valence-electron chi connectivity index (χ3n) is 9.70. The average molecular weight is 419 g/mol. The highest BCUT2D eigenvalue weighted by Crippen LogP contribution is 2.67. The lowest BCUT2D eigenvalue weighted by Gasteiger charge is -2.58. The molecule has 28 heavy (non-hydrogen) atoms. The first kappa shape index (κ1) is 20.1. The van der Waals surface area contributed by atoms with Gasteiger partial charge in [0.2, 0.25) is 0 Å². The van der Waals surface area contributed by atoms with Gasteiger partial charge in [0.15, 0.2) is 0 Å². The van der Waals surface area contributed by atoms with Crippen LogP contribution in [0.15, 0.2) is 23.8 Å². The molecule has 1 heterocycles. The molecule has 156 valence electrons. The van der Waals surface area contributed by atoms with Crippen molar-refractivity contribution in [3.05, 3.63) is 23.8 Å². The number of allylic oxidation sites excluding steroid dienone is 3. The number of aliphatic hydroxyl groups excluding tert-OH is 1. The Morgan fingerprint density at radius 3 is 2.61 bits per heavy atom. The summed E-state index contributed by atoms with van der Waals surface area (Å²) in [6.07, 6.45) is 14.2. The van der Waals surface area contributed by atoms with Crippen LogP contribution in [0.1, 0.15) is 71.6 Å². The minimum atomic E-state index is -0.102. The summed E-state index contributed by atoms with van der Waals surface area (Å²) >= 11 is 4.06. The largest absolute Gasteiger partial charge is 0.391 e. The molecule has 7 atom stereocenters. The standard InChI is InChI=1S/C25H38OS2/c1-16-9-11-24(2)17(15-16)5-6-18-19-7-8-21(25(19,3)12-10-20(18)24)22(26)23-27-13-4-14-28-23/h15,18-23,26H,1,4-14H2,2-3H3. The van der Waals surface area contributed by atoms with Gasteiger partial charge in [-0.1, -0.05) is 37.6 Å². The predicted molar refractivity (Wildman–Crippen MR) is 124 cm³/mol. The molecule has 0 radical (unpaired) electrons. The quantitative estimate of drug-likeness (QED) is 0.540. The molecule has 1 nitrogen and oxygen atoms in total. The summed E-state index contributed by atoms with van der Waals surface area (Å²) in [5.74, 6) is 5.60. The van der Waals surface area contributed by atoms with Gasteiger partial charge in [-0.2, -0.15) is 0 Å². The number of hydrogen-bond acceptors (Lipinski definition) is 3. The van der Waals surface area contributed by atoms with Crippen molar-refractivity contribution in [2.75, 3.05) is 11.5 Å². The summed E-state index contributed by atoms with van der Waals surface area (Å²) in [5.41, 5.74) is 3.88. The highest BCUT2D eigenvalue weighted by molar-refractivity contribution is 8.17. The van der Waals surface area contributed by atoms with Gasteiger partial charge in [0.05, 0.1) is 10.7 Å². The Morgan fingerprint density at radius 1 is 1.04 bits per heavy atom. The number of hydrogen-bond donors (Lipinski definition) is 1. The van der Waals surface area contributed by atoms with Gasteiger partial charge in [-0.25, -0.2) is 0 Å². The van der Waals surface area contributed by atoms with E-state index in [-0.39, 0.29) is 6.10 Å². The van der Waals surface area contributed by atoms with Crippen LogP contribution in [-0.4, -0.2) is 27.3 Å². The van der Waals surface area contributed by atoms with Gasteiger partial charge in [-0.15, -0.1) is 23.5 Å². The van der Waals surface area contributed by atoms with Gasteiger partial charge in [0.1, 0.15) is 0 Å². The SMILES string of the molecule is C=C1C=C2CCC3C(CCC4(C)C(C(O)C5SCCCS5)CCC34)C2(C)CC1. The van der Waals surface area contributed by atoms with Gasteiger partial charge in [-0.3, -0.25) is 0 Å². The summed E-state index contributed by atoms with van der Waals surface area (Å²) in [4.78, 5) is 0. The fraction of sp³-hybridized carbons (Fsp3) is 0.840. The van der Waals surface area contributed by atoms with E-state index in [4.69, 9.17) is 0 Å². The van der Waals surface area contributed by atoms with Crippen molar-refractivity contribution in [1.29, 1.82) is 0 Å². The Bertz CT molecular complexity index is 665. The maximum absolute atomic E-state index is 11.4. The number of thioether (sulfide) groups is 2. The molecule has 0 aromatic carbocycles. The normalized spacial score (nSPS) is 47.7. The smallest absolute Gasteiger partial charge is 0.0783 e. The maximum Gasteiger partial charge on any atom is 0.0783 e. The van der Waals surface area contributed by atoms with Gasteiger partial charge < -0.3 is 5.11 Å². The molecule has 1 aliphatic heterocycles. The van der Waals surface area contributed by atoms with Crippen molar-refractivity contribution in [3.8, 4) is 0 Å². The van der Waals surface area contributed by atoms with E-state index < -0.39 is 0 Å². The van der Waals surface area contributed by atoms with Crippen LogP contribution in [0.3, 0.4) is 0 Å². The van der Waals surface area contributed by atoms with Crippen molar-refractivity contribution >= 4 is 23.5 Å². The molecule has 5 aliphatic rings. The van der Waals surface area contributed by atoms with Crippen LogP contribution in [0.4, 0.5) is 0 Å². The third kappa shape index (κ3) is 3.01. The Morgan fingerprint density at radius 2 is 1.82 bits per heavy atom. The van der Waals surface area contributed by atoms with Crippen LogP contribution in [0.5, 0.6) is 0 Å². The average Bonchev–Trinajstić information content (AvgIpc) is 3.06. The molecule has 0 spiro atoms. The molecular weight excluding hydrogens is 380 g/mol. The number of aliphatic hydroxyl groups is 1. The lowest BCUT2D eigenvalue weighted by atomic mass is 9.46. The Labute approximate surface area is 180 Å². The molecule has 0 amide bonds. The summed E-state index contributed by atoms with van der Waals surface area (Å²) < 4.78 is 0.426. The third-order valence-corrected chi connectivity index (χ3v) is 12.8. The van der Waals surface area contributed by atoms with Gasteiger partial charge in [0, 0.05) is 0 Å². The van der Waals surface area contributed by atoms with Crippen LogP contribution in [0.25, 0.3) is 0 Å². The van der Waals surface area contributed by atoms with Crippen LogP contribution in [0, 0.1) is 34.5 Å². The van der Waals surface area contributed by atoms with Crippen molar-refractivity contribution in [3.63, 3.8) is 0 Å². The van der Waals surface area contributed by atoms with Gasteiger partial charge in [-0.05, 0) is 104 Å². The molecule has 4 aliphatic carbocycles. The highest BCUT2D eigenvalue weighted by Gasteiger charge is 2.60. The van der Waals surface area contributed by atoms with Crippen molar-refractivity contribution in [2.24, 2.45) is 34.5 Å². The molecule has 4 fully saturated rings. The molecule has 1 N–H and O–H groups in total. The molecule has 0 aromatic heterocycles. The van der Waals surface area contributed by atoms with E-state index in [1.165, 1.54) is 74.9 Å². The zero-order chi connectivity index (χ0) is 19.5. The maximum atomic E-state index is 11.4. The Hall–Kier alpha value is 0.140. The lowest BCUT2D eigenvalue weighted by Crippen LogP contribution is -2.51. The molecular formula is C25H38OS2. The molecule has 1 saturated heterocycles. The predicted octanol–water partition coefficient (Wildman–Crippen LogP) is 6.68. The highest BCUT2D eigenvalue weighted by atomic mass is 32.2. The molecule has 7 unspecified atom stereocenters. The van der Waals surface area contributed by atoms with E-state index in [0.29, 0.717) is 21.3 Å². The van der Waals surface area contributed by atoms with Crippen LogP contribution < -0.4 is 0 Å². The van der Waals surface area contributed by atoms with Gasteiger partial charge >= 0.3 is 0 Å². The van der Waals surface area contributed by atoms with E-state index in [2.05, 4.69) is 26.5 Å². The summed E-state index contributed by atoms with van der Waals surface area (Å²) in [5, 5.41) is 11.4. The summed E-state index contributed by atoms with van der Waals surface area (Å²) in [6, 6.07) is 0. The second-order valence-corrected chi connectivity index (χ2v) is 13.6. The van der Waals surface area contributed by atoms with Crippen molar-refractivity contribution in [1.82, 2.24) is 0 Å².